The summed E-state index contributed by atoms with van der Waals surface area (Å²) < 4.78 is 41.4. The second kappa shape index (κ2) is 15.1. The molecule has 1 heterocycles. The third-order valence-electron chi connectivity index (χ3n) is 6.91. The Morgan fingerprint density at radius 3 is 2.02 bits per heavy atom. The summed E-state index contributed by atoms with van der Waals surface area (Å²) >= 11 is 0. The molecule has 0 aromatic heterocycles. The maximum absolute atomic E-state index is 13.3. The van der Waals surface area contributed by atoms with Gasteiger partial charge in [0.1, 0.15) is 12.6 Å². The first kappa shape index (κ1) is 34.7. The van der Waals surface area contributed by atoms with Crippen LogP contribution in [0.15, 0.2) is 18.2 Å². The minimum Gasteiger partial charge on any atom is -0.356 e. The van der Waals surface area contributed by atoms with Crippen LogP contribution in [0, 0.1) is 11.8 Å². The van der Waals surface area contributed by atoms with Crippen molar-refractivity contribution in [2.24, 2.45) is 11.8 Å². The minimum absolute atomic E-state index is 0.0410. The zero-order valence-electron chi connectivity index (χ0n) is 24.8. The highest BCUT2D eigenvalue weighted by atomic mass is 19.4. The molecule has 42 heavy (non-hydrogen) atoms. The van der Waals surface area contributed by atoms with E-state index in [9.17, 15) is 37.1 Å². The molecule has 0 spiro atoms. The van der Waals surface area contributed by atoms with E-state index in [2.05, 4.69) is 26.0 Å². The van der Waals surface area contributed by atoms with Gasteiger partial charge in [-0.2, -0.15) is 0 Å². The predicted octanol–water partition coefficient (Wildman–Crippen LogP) is 3.52. The van der Waals surface area contributed by atoms with Gasteiger partial charge < -0.3 is 21.3 Å². The van der Waals surface area contributed by atoms with Gasteiger partial charge in [0.25, 0.3) is 0 Å². The summed E-state index contributed by atoms with van der Waals surface area (Å²) in [6.45, 7) is 10.3. The van der Waals surface area contributed by atoms with Gasteiger partial charge in [-0.3, -0.25) is 28.7 Å². The van der Waals surface area contributed by atoms with Crippen LogP contribution in [0.5, 0.6) is 0 Å². The number of hydrogen-bond acceptors (Lipinski definition) is 6. The van der Waals surface area contributed by atoms with Gasteiger partial charge >= 0.3 is 18.2 Å². The van der Waals surface area contributed by atoms with E-state index in [1.165, 1.54) is 0 Å². The zero-order chi connectivity index (χ0) is 31.8. The van der Waals surface area contributed by atoms with Gasteiger partial charge in [-0.25, -0.2) is 0 Å². The molecule has 4 amide bonds. The normalized spacial score (nSPS) is 16.8. The van der Waals surface area contributed by atoms with Crippen molar-refractivity contribution >= 4 is 35.1 Å². The number of ketones is 1. The van der Waals surface area contributed by atoms with Crippen LogP contribution < -0.4 is 21.3 Å². The number of hydrogen-bond donors (Lipinski definition) is 4. The van der Waals surface area contributed by atoms with E-state index in [4.69, 9.17) is 0 Å². The Hall–Kier alpha value is -3.48. The average Bonchev–Trinajstić information content (AvgIpc) is 3.29. The number of carbonyl (C=O) groups is 5. The molecule has 1 aliphatic heterocycles. The number of benzene rings is 1. The number of alkyl halides is 3. The number of amides is 4. The van der Waals surface area contributed by atoms with Crippen LogP contribution in [0.1, 0.15) is 83.8 Å². The second-order valence-corrected chi connectivity index (χ2v) is 11.5. The largest absolute Gasteiger partial charge is 0.522 e. The van der Waals surface area contributed by atoms with E-state index in [1.807, 2.05) is 45.9 Å². The summed E-state index contributed by atoms with van der Waals surface area (Å²) in [7, 11) is 0. The molecule has 10 nitrogen and oxygen atoms in total. The van der Waals surface area contributed by atoms with Crippen LogP contribution in [0.25, 0.3) is 0 Å². The standard InChI is InChI=1S/C29H41F3N4O6/c1-15(2)12-22(35-27(40)28(41)36-24-19(16(3)4)8-7-9-20(24)17(5)6)26(39)34-21(13-18-10-11-33-25(18)38)23(37)14-42-29(30,31)32/h7-9,15-18,21-22H,10-14H2,1-6H3,(H,33,38)(H,34,39)(H,35,40)(H,36,41)/t18-,21-,22-/m0/s1. The molecule has 0 saturated carbocycles. The van der Waals surface area contributed by atoms with Crippen molar-refractivity contribution in [3.63, 3.8) is 0 Å². The van der Waals surface area contributed by atoms with Gasteiger partial charge in [0.05, 0.1) is 6.04 Å². The molecule has 0 aliphatic carbocycles. The van der Waals surface area contributed by atoms with Crippen LogP contribution in [0.2, 0.25) is 0 Å². The van der Waals surface area contributed by atoms with Crippen molar-refractivity contribution in [2.75, 3.05) is 18.5 Å². The monoisotopic (exact) mass is 598 g/mol. The molecule has 0 radical (unpaired) electrons. The number of rotatable bonds is 13. The van der Waals surface area contributed by atoms with Gasteiger partial charge in [0, 0.05) is 18.2 Å². The lowest BCUT2D eigenvalue weighted by Gasteiger charge is -2.25. The van der Waals surface area contributed by atoms with E-state index >= 15 is 0 Å². The minimum atomic E-state index is -5.07. The zero-order valence-corrected chi connectivity index (χ0v) is 24.8. The van der Waals surface area contributed by atoms with Crippen LogP contribution in [-0.2, 0) is 28.7 Å². The highest BCUT2D eigenvalue weighted by molar-refractivity contribution is 6.40. The SMILES string of the molecule is CC(C)C[C@H](NC(=O)C(=O)Nc1c(C(C)C)cccc1C(C)C)C(=O)N[C@@H](C[C@@H]1CCNC1=O)C(=O)COC(F)(F)F. The summed E-state index contributed by atoms with van der Waals surface area (Å²) in [4.78, 5) is 64.0. The number of para-hydroxylation sites is 1. The Labute approximate surface area is 243 Å². The molecule has 4 N–H and O–H groups in total. The molecule has 1 saturated heterocycles. The summed E-state index contributed by atoms with van der Waals surface area (Å²) in [5, 5.41) is 10.0. The summed E-state index contributed by atoms with van der Waals surface area (Å²) in [6, 6.07) is 2.80. The van der Waals surface area contributed by atoms with Crippen molar-refractivity contribution in [3.05, 3.63) is 29.3 Å². The quantitative estimate of drug-likeness (QED) is 0.256. The fourth-order valence-electron chi connectivity index (χ4n) is 4.74. The van der Waals surface area contributed by atoms with E-state index < -0.39 is 54.5 Å². The lowest BCUT2D eigenvalue weighted by Crippen LogP contribution is -2.54. The molecule has 0 bridgehead atoms. The van der Waals surface area contributed by atoms with E-state index in [0.29, 0.717) is 18.7 Å². The Kier molecular flexibility index (Phi) is 12.5. The van der Waals surface area contributed by atoms with Gasteiger partial charge in [-0.05, 0) is 48.1 Å². The predicted molar refractivity (Wildman–Crippen MR) is 149 cm³/mol. The first-order chi connectivity index (χ1) is 19.5. The fraction of sp³-hybridized carbons (Fsp3) is 0.621. The Morgan fingerprint density at radius 1 is 0.952 bits per heavy atom. The first-order valence-corrected chi connectivity index (χ1v) is 14.1. The Bertz CT molecular complexity index is 1130. The molecule has 2 rings (SSSR count). The van der Waals surface area contributed by atoms with Gasteiger partial charge in [-0.15, -0.1) is 13.2 Å². The van der Waals surface area contributed by atoms with E-state index in [-0.39, 0.29) is 36.5 Å². The van der Waals surface area contributed by atoms with Crippen LogP contribution in [-0.4, -0.2) is 61.0 Å². The smallest absolute Gasteiger partial charge is 0.356 e. The summed E-state index contributed by atoms with van der Waals surface area (Å²) in [5.41, 5.74) is 2.17. The molecular formula is C29H41F3N4O6. The molecule has 1 fully saturated rings. The molecule has 234 valence electrons. The maximum Gasteiger partial charge on any atom is 0.522 e. The molecule has 1 aliphatic rings. The van der Waals surface area contributed by atoms with Crippen LogP contribution in [0.3, 0.4) is 0 Å². The number of carbonyl (C=O) groups excluding carboxylic acids is 5. The summed E-state index contributed by atoms with van der Waals surface area (Å²) in [5.74, 6) is -5.21. The number of nitrogens with one attached hydrogen (secondary N) is 4. The Morgan fingerprint density at radius 2 is 1.55 bits per heavy atom. The fourth-order valence-corrected chi connectivity index (χ4v) is 4.74. The highest BCUT2D eigenvalue weighted by Gasteiger charge is 2.36. The number of Topliss-reactive ketones (excluding diaryl/α,β-unsaturated/α-hetero) is 1. The molecule has 3 atom stereocenters. The average molecular weight is 599 g/mol. The maximum atomic E-state index is 13.3. The lowest BCUT2D eigenvalue weighted by molar-refractivity contribution is -0.321. The molecule has 1 aromatic carbocycles. The van der Waals surface area contributed by atoms with Crippen LogP contribution >= 0.6 is 0 Å². The van der Waals surface area contributed by atoms with E-state index in [0.717, 1.165) is 11.1 Å². The first-order valence-electron chi connectivity index (χ1n) is 14.1. The summed E-state index contributed by atoms with van der Waals surface area (Å²) in [6.07, 6.45) is -4.92. The van der Waals surface area contributed by atoms with Crippen molar-refractivity contribution < 1.29 is 41.9 Å². The van der Waals surface area contributed by atoms with Crippen LogP contribution in [0.4, 0.5) is 18.9 Å². The van der Waals surface area contributed by atoms with E-state index in [1.54, 1.807) is 13.8 Å². The van der Waals surface area contributed by atoms with Crippen molar-refractivity contribution in [1.29, 1.82) is 0 Å². The van der Waals surface area contributed by atoms with Crippen molar-refractivity contribution in [2.45, 2.75) is 91.1 Å². The number of ether oxygens (including phenoxy) is 1. The molecule has 0 unspecified atom stereocenters. The number of halogens is 3. The lowest BCUT2D eigenvalue weighted by atomic mass is 9.92. The third-order valence-corrected chi connectivity index (χ3v) is 6.91. The van der Waals surface area contributed by atoms with Crippen molar-refractivity contribution in [1.82, 2.24) is 16.0 Å². The third kappa shape index (κ3) is 10.4. The molecular weight excluding hydrogens is 557 g/mol. The van der Waals surface area contributed by atoms with Gasteiger partial charge in [-0.1, -0.05) is 59.7 Å². The molecule has 13 heteroatoms. The van der Waals surface area contributed by atoms with Gasteiger partial charge in [0.2, 0.25) is 11.8 Å². The topological polar surface area (TPSA) is 143 Å². The van der Waals surface area contributed by atoms with Crippen molar-refractivity contribution in [3.8, 4) is 0 Å². The second-order valence-electron chi connectivity index (χ2n) is 11.5. The Balaban J connectivity index is 2.23. The highest BCUT2D eigenvalue weighted by Crippen LogP contribution is 2.32. The number of anilines is 1. The van der Waals surface area contributed by atoms with Gasteiger partial charge in [0.15, 0.2) is 5.78 Å². The molecule has 1 aromatic rings.